The molecular weight excluding hydrogens is 345 g/mol. The largest absolute Gasteiger partial charge is 0.477 e. The summed E-state index contributed by atoms with van der Waals surface area (Å²) < 4.78 is 37.8. The zero-order valence-corrected chi connectivity index (χ0v) is 12.7. The van der Waals surface area contributed by atoms with Crippen LogP contribution in [0.5, 0.6) is 0 Å². The molecule has 0 spiro atoms. The van der Waals surface area contributed by atoms with Gasteiger partial charge in [-0.3, -0.25) is 4.79 Å². The molecule has 9 heteroatoms. The Morgan fingerprint density at radius 2 is 1.92 bits per heavy atom. The fourth-order valence-electron chi connectivity index (χ4n) is 2.18. The van der Waals surface area contributed by atoms with Crippen LogP contribution in [0.2, 0.25) is 0 Å². The van der Waals surface area contributed by atoms with Gasteiger partial charge in [0.1, 0.15) is 15.4 Å². The fourth-order valence-corrected chi connectivity index (χ4v) is 3.01. The Bertz CT molecular complexity index is 974. The second kappa shape index (κ2) is 5.75. The second-order valence-electron chi connectivity index (χ2n) is 5.01. The number of thiophene rings is 1. The number of carbonyl (C=O) groups is 1. The molecular formula is C15H9F3N2O3S. The molecule has 3 rings (SSSR count). The van der Waals surface area contributed by atoms with Gasteiger partial charge in [0.25, 0.3) is 5.56 Å². The number of halogens is 3. The minimum atomic E-state index is -4.41. The van der Waals surface area contributed by atoms with Gasteiger partial charge in [-0.15, -0.1) is 11.3 Å². The summed E-state index contributed by atoms with van der Waals surface area (Å²) in [7, 11) is 0. The molecule has 124 valence electrons. The van der Waals surface area contributed by atoms with E-state index in [1.54, 1.807) is 0 Å². The molecule has 0 bridgehead atoms. The van der Waals surface area contributed by atoms with Crippen LogP contribution in [0, 0.1) is 0 Å². The van der Waals surface area contributed by atoms with Crippen molar-refractivity contribution in [2.24, 2.45) is 0 Å². The monoisotopic (exact) mass is 354 g/mol. The Balaban J connectivity index is 1.92. The highest BCUT2D eigenvalue weighted by atomic mass is 32.1. The highest BCUT2D eigenvalue weighted by Gasteiger charge is 2.29. The Labute approximate surface area is 136 Å². The van der Waals surface area contributed by atoms with Gasteiger partial charge in [-0.05, 0) is 23.8 Å². The topological polar surface area (TPSA) is 83.0 Å². The first-order chi connectivity index (χ1) is 11.2. The van der Waals surface area contributed by atoms with Crippen LogP contribution in [-0.2, 0) is 12.6 Å². The van der Waals surface area contributed by atoms with Gasteiger partial charge in [0.15, 0.2) is 0 Å². The summed E-state index contributed by atoms with van der Waals surface area (Å²) >= 11 is 0.821. The van der Waals surface area contributed by atoms with Crippen LogP contribution in [0.3, 0.4) is 0 Å². The number of H-pyrrole nitrogens is 1. The molecule has 2 heterocycles. The number of aromatic carboxylic acids is 1. The minimum Gasteiger partial charge on any atom is -0.477 e. The molecule has 0 aliphatic heterocycles. The molecule has 0 amide bonds. The van der Waals surface area contributed by atoms with Gasteiger partial charge < -0.3 is 10.1 Å². The number of nitrogens with one attached hydrogen (secondary N) is 1. The van der Waals surface area contributed by atoms with Crippen LogP contribution < -0.4 is 5.56 Å². The van der Waals surface area contributed by atoms with E-state index in [9.17, 15) is 22.8 Å². The summed E-state index contributed by atoms with van der Waals surface area (Å²) in [4.78, 5) is 29.6. The Morgan fingerprint density at radius 3 is 2.50 bits per heavy atom. The lowest BCUT2D eigenvalue weighted by molar-refractivity contribution is -0.137. The van der Waals surface area contributed by atoms with E-state index in [1.807, 2.05) is 0 Å². The van der Waals surface area contributed by atoms with Crippen molar-refractivity contribution in [2.75, 3.05) is 0 Å². The SMILES string of the molecule is O=C(O)c1cc2nc(Cc3ccc(C(F)(F)F)cc3)[nH]c(=O)c2s1. The van der Waals surface area contributed by atoms with E-state index in [2.05, 4.69) is 9.97 Å². The van der Waals surface area contributed by atoms with Crippen LogP contribution in [0.4, 0.5) is 13.2 Å². The average Bonchev–Trinajstić information content (AvgIpc) is 2.92. The van der Waals surface area contributed by atoms with Gasteiger partial charge in [0, 0.05) is 6.42 Å². The molecule has 0 atom stereocenters. The normalized spacial score (nSPS) is 11.8. The molecule has 0 aliphatic carbocycles. The molecule has 0 saturated heterocycles. The predicted octanol–water partition coefficient (Wildman–Crippen LogP) is 3.29. The average molecular weight is 354 g/mol. The van der Waals surface area contributed by atoms with Crippen LogP contribution >= 0.6 is 11.3 Å². The molecule has 0 fully saturated rings. The van der Waals surface area contributed by atoms with Crippen LogP contribution in [-0.4, -0.2) is 21.0 Å². The maximum Gasteiger partial charge on any atom is 0.416 e. The third-order valence-corrected chi connectivity index (χ3v) is 4.41. The summed E-state index contributed by atoms with van der Waals surface area (Å²) in [5.41, 5.74) is -0.436. The molecule has 1 aromatic carbocycles. The predicted molar refractivity (Wildman–Crippen MR) is 81.5 cm³/mol. The Hall–Kier alpha value is -2.68. The number of fused-ring (bicyclic) bond motifs is 1. The van der Waals surface area contributed by atoms with E-state index in [-0.39, 0.29) is 27.3 Å². The maximum atomic E-state index is 12.5. The standard InChI is InChI=1S/C15H9F3N2O3S/c16-15(17,18)8-3-1-7(2-4-8)5-11-19-9-6-10(14(22)23)24-12(9)13(21)20-11/h1-4,6H,5H2,(H,22,23)(H,19,20,21). The van der Waals surface area contributed by atoms with Crippen LogP contribution in [0.15, 0.2) is 35.1 Å². The van der Waals surface area contributed by atoms with Crippen LogP contribution in [0.25, 0.3) is 10.2 Å². The molecule has 2 aromatic heterocycles. The van der Waals surface area contributed by atoms with Crippen molar-refractivity contribution in [3.05, 3.63) is 62.5 Å². The number of hydrogen-bond acceptors (Lipinski definition) is 4. The molecule has 0 saturated carbocycles. The van der Waals surface area contributed by atoms with Crippen molar-refractivity contribution >= 4 is 27.5 Å². The number of alkyl halides is 3. The molecule has 0 radical (unpaired) electrons. The van der Waals surface area contributed by atoms with Gasteiger partial charge in [-0.1, -0.05) is 12.1 Å². The van der Waals surface area contributed by atoms with Crippen molar-refractivity contribution in [1.82, 2.24) is 9.97 Å². The Morgan fingerprint density at radius 1 is 1.25 bits per heavy atom. The molecule has 24 heavy (non-hydrogen) atoms. The lowest BCUT2D eigenvalue weighted by atomic mass is 10.1. The zero-order valence-electron chi connectivity index (χ0n) is 11.8. The van der Waals surface area contributed by atoms with E-state index < -0.39 is 23.3 Å². The van der Waals surface area contributed by atoms with Crippen molar-refractivity contribution in [3.63, 3.8) is 0 Å². The van der Waals surface area contributed by atoms with Crippen molar-refractivity contribution in [3.8, 4) is 0 Å². The minimum absolute atomic E-state index is 0.00493. The van der Waals surface area contributed by atoms with E-state index >= 15 is 0 Å². The Kier molecular flexibility index (Phi) is 3.88. The summed E-state index contributed by atoms with van der Waals surface area (Å²) in [5.74, 6) is -0.899. The van der Waals surface area contributed by atoms with Gasteiger partial charge in [0.2, 0.25) is 0 Å². The zero-order chi connectivity index (χ0) is 17.5. The van der Waals surface area contributed by atoms with Crippen molar-refractivity contribution in [1.29, 1.82) is 0 Å². The molecule has 2 N–H and O–H groups in total. The van der Waals surface area contributed by atoms with Gasteiger partial charge in [0.05, 0.1) is 11.1 Å². The van der Waals surface area contributed by atoms with Crippen molar-refractivity contribution < 1.29 is 23.1 Å². The maximum absolute atomic E-state index is 12.5. The van der Waals surface area contributed by atoms with E-state index in [4.69, 9.17) is 5.11 Å². The van der Waals surface area contributed by atoms with E-state index in [0.717, 1.165) is 23.5 Å². The summed E-state index contributed by atoms with van der Waals surface area (Å²) in [5, 5.41) is 8.95. The molecule has 0 aliphatic rings. The smallest absolute Gasteiger partial charge is 0.416 e. The lowest BCUT2D eigenvalue weighted by Crippen LogP contribution is -2.11. The number of benzene rings is 1. The highest BCUT2D eigenvalue weighted by Crippen LogP contribution is 2.29. The summed E-state index contributed by atoms with van der Waals surface area (Å²) in [6.07, 6.45) is -4.28. The third-order valence-electron chi connectivity index (χ3n) is 3.30. The van der Waals surface area contributed by atoms with Crippen LogP contribution in [0.1, 0.15) is 26.6 Å². The lowest BCUT2D eigenvalue weighted by Gasteiger charge is -2.07. The van der Waals surface area contributed by atoms with E-state index in [1.165, 1.54) is 18.2 Å². The number of rotatable bonds is 3. The summed E-state index contributed by atoms with van der Waals surface area (Å²) in [6.45, 7) is 0. The number of carboxylic acids is 1. The highest BCUT2D eigenvalue weighted by molar-refractivity contribution is 7.20. The van der Waals surface area contributed by atoms with Gasteiger partial charge in [-0.25, -0.2) is 9.78 Å². The quantitative estimate of drug-likeness (QED) is 0.756. The first-order valence-corrected chi connectivity index (χ1v) is 7.48. The number of carboxylic acid groups (broad SMARTS) is 1. The second-order valence-corrected chi connectivity index (χ2v) is 6.07. The first kappa shape index (κ1) is 16.2. The first-order valence-electron chi connectivity index (χ1n) is 6.66. The molecule has 5 nitrogen and oxygen atoms in total. The molecule has 0 unspecified atom stereocenters. The number of aromatic amines is 1. The third kappa shape index (κ3) is 3.16. The number of hydrogen-bond donors (Lipinski definition) is 2. The summed E-state index contributed by atoms with van der Waals surface area (Å²) in [6, 6.07) is 5.83. The molecule has 3 aromatic rings. The van der Waals surface area contributed by atoms with E-state index in [0.29, 0.717) is 5.56 Å². The number of aromatic nitrogens is 2. The van der Waals surface area contributed by atoms with Gasteiger partial charge in [-0.2, -0.15) is 13.2 Å². The number of nitrogens with zero attached hydrogens (tertiary/aromatic N) is 1. The fraction of sp³-hybridized carbons (Fsp3) is 0.133. The van der Waals surface area contributed by atoms with Gasteiger partial charge >= 0.3 is 12.1 Å². The van der Waals surface area contributed by atoms with Crippen molar-refractivity contribution in [2.45, 2.75) is 12.6 Å².